The van der Waals surface area contributed by atoms with Crippen LogP contribution in [0.15, 0.2) is 18.3 Å². The summed E-state index contributed by atoms with van der Waals surface area (Å²) in [5, 5.41) is 17.0. The van der Waals surface area contributed by atoms with E-state index in [1.165, 1.54) is 12.1 Å². The fourth-order valence-electron chi connectivity index (χ4n) is 0.513. The van der Waals surface area contributed by atoms with Crippen molar-refractivity contribution < 1.29 is 36.1 Å². The van der Waals surface area contributed by atoms with Gasteiger partial charge in [-0.05, 0) is 12.1 Å². The van der Waals surface area contributed by atoms with Crippen molar-refractivity contribution in [1.82, 2.24) is 4.98 Å². The van der Waals surface area contributed by atoms with Crippen LogP contribution in [0.25, 0.3) is 0 Å². The zero-order valence-corrected chi connectivity index (χ0v) is 7.23. The zero-order valence-electron chi connectivity index (χ0n) is 5.84. The predicted octanol–water partition coefficient (Wildman–Crippen LogP) is 0.364. The average molecular weight is 206 g/mol. The van der Waals surface area contributed by atoms with E-state index in [1.54, 1.807) is 0 Å². The molecule has 0 aliphatic rings. The Labute approximate surface area is 77.3 Å². The van der Waals surface area contributed by atoms with Crippen molar-refractivity contribution in [3.63, 3.8) is 0 Å². The van der Waals surface area contributed by atoms with Gasteiger partial charge in [0.1, 0.15) is 11.4 Å². The first-order chi connectivity index (χ1) is 5.70. The minimum absolute atomic E-state index is 0.0370. The molecule has 1 heterocycles. The molecule has 12 heavy (non-hydrogen) atoms. The van der Waals surface area contributed by atoms with Crippen LogP contribution in [-0.2, 0) is 21.0 Å². The molecule has 0 saturated heterocycles. The van der Waals surface area contributed by atoms with Crippen LogP contribution in [0, 0.1) is 0 Å². The standard InChI is InChI=1S/C6H5NO3.O.V/c8-4-1-2-5(6(9)10)7-3-4;;/h1-3,8H,(H,9,10);;. The minimum atomic E-state index is -1.10. The first kappa shape index (κ1) is 10.8. The van der Waals surface area contributed by atoms with Gasteiger partial charge in [0.05, 0.1) is 6.20 Å². The normalized spacial score (nSPS) is 7.92. The molecule has 6 heteroatoms. The third-order valence-electron chi connectivity index (χ3n) is 0.967. The Balaban J connectivity index is 0.000000561. The number of hydrogen-bond donors (Lipinski definition) is 2. The fraction of sp³-hybridized carbons (Fsp3) is 0. The van der Waals surface area contributed by atoms with Crippen LogP contribution in [-0.4, -0.2) is 21.2 Å². The maximum absolute atomic E-state index is 10.2. The molecule has 1 rings (SSSR count). The Morgan fingerprint density at radius 3 is 2.33 bits per heavy atom. The third kappa shape index (κ3) is 3.27. The van der Waals surface area contributed by atoms with Crippen molar-refractivity contribution in [2.24, 2.45) is 0 Å². The van der Waals surface area contributed by atoms with Gasteiger partial charge in [0.15, 0.2) is 0 Å². The molecule has 0 spiro atoms. The molecule has 0 bridgehead atoms. The molecule has 0 radical (unpaired) electrons. The number of carboxylic acid groups (broad SMARTS) is 1. The molecule has 1 aromatic heterocycles. The third-order valence-corrected chi connectivity index (χ3v) is 0.967. The second kappa shape index (κ2) is 5.45. The topological polar surface area (TPSA) is 87.5 Å². The summed E-state index contributed by atoms with van der Waals surface area (Å²) in [5.41, 5.74) is -0.0715. The van der Waals surface area contributed by atoms with E-state index in [4.69, 9.17) is 13.9 Å². The van der Waals surface area contributed by atoms with Crippen LogP contribution in [0.4, 0.5) is 0 Å². The molecular formula is C6H5NO4V. The second-order valence-corrected chi connectivity index (χ2v) is 1.71. The van der Waals surface area contributed by atoms with Gasteiger partial charge in [-0.3, -0.25) is 0 Å². The van der Waals surface area contributed by atoms with Gasteiger partial charge in [-0.15, -0.1) is 0 Å². The average Bonchev–Trinajstić information content (AvgIpc) is 2.09. The summed E-state index contributed by atoms with van der Waals surface area (Å²) in [4.78, 5) is 13.6. The van der Waals surface area contributed by atoms with Gasteiger partial charge in [-0.1, -0.05) is 0 Å². The van der Waals surface area contributed by atoms with Gasteiger partial charge in [0.25, 0.3) is 0 Å². The first-order valence-corrected chi connectivity index (χ1v) is 3.34. The number of rotatable bonds is 1. The number of nitrogens with zero attached hydrogens (tertiary/aromatic N) is 1. The quantitative estimate of drug-likeness (QED) is 0.692. The molecule has 2 N–H and O–H groups in total. The number of aromatic hydroxyl groups is 1. The molecule has 63 valence electrons. The van der Waals surface area contributed by atoms with E-state index in [2.05, 4.69) is 4.98 Å². The number of carboxylic acids is 1. The Hall–Kier alpha value is -1.20. The second-order valence-electron chi connectivity index (χ2n) is 1.71. The number of carbonyl (C=O) groups is 1. The maximum atomic E-state index is 10.2. The monoisotopic (exact) mass is 206 g/mol. The van der Waals surface area contributed by atoms with Crippen molar-refractivity contribution in [2.45, 2.75) is 0 Å². The number of hydrogen-bond acceptors (Lipinski definition) is 4. The summed E-state index contributed by atoms with van der Waals surface area (Å²) in [7, 11) is 0. The van der Waals surface area contributed by atoms with E-state index in [-0.39, 0.29) is 11.4 Å². The molecule has 0 aliphatic carbocycles. The van der Waals surface area contributed by atoms with E-state index in [1.807, 2.05) is 0 Å². The molecule has 1 aromatic rings. The summed E-state index contributed by atoms with van der Waals surface area (Å²) in [6, 6.07) is 2.51. The van der Waals surface area contributed by atoms with E-state index in [0.717, 1.165) is 23.6 Å². The molecule has 0 aromatic carbocycles. The summed E-state index contributed by atoms with van der Waals surface area (Å²) >= 11 is 1.06. The summed E-state index contributed by atoms with van der Waals surface area (Å²) in [6.07, 6.45) is 1.09. The van der Waals surface area contributed by atoms with Crippen LogP contribution in [0.3, 0.4) is 0 Å². The van der Waals surface area contributed by atoms with Crippen molar-refractivity contribution in [3.05, 3.63) is 24.0 Å². The number of pyridine rings is 1. The Morgan fingerprint density at radius 1 is 1.42 bits per heavy atom. The molecule has 0 unspecified atom stereocenters. The molecule has 0 fully saturated rings. The van der Waals surface area contributed by atoms with Gasteiger partial charge in [-0.2, -0.15) is 0 Å². The van der Waals surface area contributed by atoms with Gasteiger partial charge < -0.3 is 10.2 Å². The Bertz CT molecular complexity index is 261. The van der Waals surface area contributed by atoms with Gasteiger partial charge in [0, 0.05) is 0 Å². The van der Waals surface area contributed by atoms with Crippen LogP contribution >= 0.6 is 0 Å². The number of aromatic nitrogens is 1. The fourth-order valence-corrected chi connectivity index (χ4v) is 0.513. The zero-order chi connectivity index (χ0) is 9.56. The van der Waals surface area contributed by atoms with Crippen LogP contribution in [0.2, 0.25) is 0 Å². The van der Waals surface area contributed by atoms with Crippen molar-refractivity contribution >= 4 is 5.97 Å². The number of aromatic carboxylic acids is 1. The van der Waals surface area contributed by atoms with Crippen molar-refractivity contribution in [1.29, 1.82) is 0 Å². The van der Waals surface area contributed by atoms with E-state index >= 15 is 0 Å². The van der Waals surface area contributed by atoms with Crippen LogP contribution in [0.5, 0.6) is 5.75 Å². The van der Waals surface area contributed by atoms with Gasteiger partial charge >= 0.3 is 27.0 Å². The van der Waals surface area contributed by atoms with E-state index < -0.39 is 5.97 Å². The molecular weight excluding hydrogens is 201 g/mol. The molecule has 0 atom stereocenters. The van der Waals surface area contributed by atoms with E-state index in [0.29, 0.717) is 0 Å². The SMILES string of the molecule is O=C(O)c1ccc(O)cn1.[O]=[V]. The Morgan fingerprint density at radius 2 is 2.00 bits per heavy atom. The Kier molecular flexibility index (Phi) is 4.91. The van der Waals surface area contributed by atoms with Crippen molar-refractivity contribution in [3.8, 4) is 5.75 Å². The van der Waals surface area contributed by atoms with Gasteiger partial charge in [-0.25, -0.2) is 9.78 Å². The van der Waals surface area contributed by atoms with E-state index in [9.17, 15) is 4.79 Å². The summed E-state index contributed by atoms with van der Waals surface area (Å²) in [6.45, 7) is 0. The molecule has 0 aliphatic heterocycles. The summed E-state index contributed by atoms with van der Waals surface area (Å²) < 4.78 is 8.19. The molecule has 5 nitrogen and oxygen atoms in total. The van der Waals surface area contributed by atoms with Crippen LogP contribution in [0.1, 0.15) is 10.5 Å². The van der Waals surface area contributed by atoms with Crippen molar-refractivity contribution in [2.75, 3.05) is 0 Å². The van der Waals surface area contributed by atoms with Crippen LogP contribution < -0.4 is 0 Å². The predicted molar refractivity (Wildman–Crippen MR) is 33.5 cm³/mol. The summed E-state index contributed by atoms with van der Waals surface area (Å²) in [5.74, 6) is -1.13. The molecule has 0 amide bonds. The molecule has 0 saturated carbocycles. The van der Waals surface area contributed by atoms with Gasteiger partial charge in [0.2, 0.25) is 0 Å². The first-order valence-electron chi connectivity index (χ1n) is 2.77.